The van der Waals surface area contributed by atoms with Gasteiger partial charge in [0.2, 0.25) is 0 Å². The number of ether oxygens (including phenoxy) is 1. The summed E-state index contributed by atoms with van der Waals surface area (Å²) in [7, 11) is 0. The lowest BCUT2D eigenvalue weighted by molar-refractivity contribution is 0.0186. The lowest BCUT2D eigenvalue weighted by Crippen LogP contribution is -2.53. The van der Waals surface area contributed by atoms with Gasteiger partial charge in [-0.3, -0.25) is 4.90 Å². The largest absolute Gasteiger partial charge is 0.377 e. The number of carbonyl (C=O) groups is 1. The number of amides is 2. The van der Waals surface area contributed by atoms with Crippen LogP contribution >= 0.6 is 11.3 Å². The predicted octanol–water partition coefficient (Wildman–Crippen LogP) is 1.92. The molecule has 0 spiro atoms. The van der Waals surface area contributed by atoms with Crippen molar-refractivity contribution < 1.29 is 9.53 Å². The molecular formula is C16H25N3O2S. The van der Waals surface area contributed by atoms with E-state index in [1.165, 1.54) is 10.4 Å². The number of urea groups is 1. The van der Waals surface area contributed by atoms with Crippen LogP contribution in [0, 0.1) is 0 Å². The first-order valence-corrected chi connectivity index (χ1v) is 8.94. The first-order valence-electron chi connectivity index (χ1n) is 8.06. The van der Waals surface area contributed by atoms with Gasteiger partial charge in [0.1, 0.15) is 0 Å². The fourth-order valence-electron chi connectivity index (χ4n) is 3.14. The van der Waals surface area contributed by atoms with Crippen LogP contribution in [0.4, 0.5) is 4.79 Å². The molecule has 0 bridgehead atoms. The second-order valence-electron chi connectivity index (χ2n) is 6.24. The number of carbonyl (C=O) groups excluding carboxylic acids is 1. The topological polar surface area (TPSA) is 44.8 Å². The van der Waals surface area contributed by atoms with Crippen molar-refractivity contribution in [2.45, 2.75) is 38.9 Å². The predicted molar refractivity (Wildman–Crippen MR) is 88.3 cm³/mol. The third-order valence-electron chi connectivity index (χ3n) is 4.64. The van der Waals surface area contributed by atoms with E-state index in [1.54, 1.807) is 0 Å². The summed E-state index contributed by atoms with van der Waals surface area (Å²) in [4.78, 5) is 18.2. The zero-order chi connectivity index (χ0) is 15.5. The summed E-state index contributed by atoms with van der Waals surface area (Å²) in [5.74, 6) is 0. The highest BCUT2D eigenvalue weighted by Gasteiger charge is 2.25. The molecule has 3 heterocycles. The number of morpholine rings is 1. The summed E-state index contributed by atoms with van der Waals surface area (Å²) in [5.41, 5.74) is 1.45. The molecule has 122 valence electrons. The molecule has 1 N–H and O–H groups in total. The highest BCUT2D eigenvalue weighted by Crippen LogP contribution is 2.24. The Morgan fingerprint density at radius 2 is 2.41 bits per heavy atom. The molecule has 2 aliphatic rings. The highest BCUT2D eigenvalue weighted by molar-refractivity contribution is 7.10. The first kappa shape index (κ1) is 15.8. The first-order chi connectivity index (χ1) is 10.6. The molecule has 0 saturated carbocycles. The van der Waals surface area contributed by atoms with E-state index in [2.05, 4.69) is 28.6 Å². The van der Waals surface area contributed by atoms with E-state index in [0.717, 1.165) is 19.5 Å². The number of thiophene rings is 1. The van der Waals surface area contributed by atoms with Crippen LogP contribution in [-0.4, -0.2) is 60.8 Å². The molecule has 1 aromatic heterocycles. The van der Waals surface area contributed by atoms with Crippen LogP contribution in [0.25, 0.3) is 0 Å². The minimum Gasteiger partial charge on any atom is -0.377 e. The normalized spacial score (nSPS) is 23.9. The smallest absolute Gasteiger partial charge is 0.317 e. The zero-order valence-electron chi connectivity index (χ0n) is 13.4. The maximum atomic E-state index is 12.3. The van der Waals surface area contributed by atoms with Gasteiger partial charge in [-0.15, -0.1) is 11.3 Å². The van der Waals surface area contributed by atoms with Gasteiger partial charge < -0.3 is 15.0 Å². The van der Waals surface area contributed by atoms with E-state index in [1.807, 2.05) is 23.2 Å². The van der Waals surface area contributed by atoms with Crippen LogP contribution in [0.2, 0.25) is 0 Å². The summed E-state index contributed by atoms with van der Waals surface area (Å²) in [6, 6.07) is 2.78. The second kappa shape index (κ2) is 6.98. The Balaban J connectivity index is 1.48. The van der Waals surface area contributed by atoms with Crippen molar-refractivity contribution in [3.05, 3.63) is 21.9 Å². The molecule has 1 saturated heterocycles. The molecule has 22 heavy (non-hydrogen) atoms. The molecule has 6 heteroatoms. The van der Waals surface area contributed by atoms with Crippen molar-refractivity contribution in [3.63, 3.8) is 0 Å². The van der Waals surface area contributed by atoms with Crippen LogP contribution in [0.15, 0.2) is 11.4 Å². The van der Waals surface area contributed by atoms with Crippen LogP contribution in [0.1, 0.15) is 24.3 Å². The van der Waals surface area contributed by atoms with Gasteiger partial charge in [0.15, 0.2) is 0 Å². The standard InChI is InChI=1S/C16H25N3O2S/c1-12(18-5-3-15-14(10-18)4-8-22-15)9-17-16(20)19-6-7-21-11-13(19)2/h4,8,12-13H,3,5-7,9-11H2,1-2H3,(H,17,20)/t12-,13+/m0/s1. The maximum Gasteiger partial charge on any atom is 0.317 e. The number of fused-ring (bicyclic) bond motifs is 1. The Morgan fingerprint density at radius 1 is 1.55 bits per heavy atom. The number of hydrogen-bond acceptors (Lipinski definition) is 4. The molecule has 5 nitrogen and oxygen atoms in total. The molecule has 0 unspecified atom stereocenters. The monoisotopic (exact) mass is 323 g/mol. The molecule has 1 aromatic rings. The molecule has 2 amide bonds. The summed E-state index contributed by atoms with van der Waals surface area (Å²) in [5, 5.41) is 5.27. The summed E-state index contributed by atoms with van der Waals surface area (Å²) in [6.45, 7) is 8.97. The van der Waals surface area contributed by atoms with Crippen molar-refractivity contribution >= 4 is 17.4 Å². The summed E-state index contributed by atoms with van der Waals surface area (Å²) < 4.78 is 5.38. The molecule has 2 atom stereocenters. The molecule has 2 aliphatic heterocycles. The van der Waals surface area contributed by atoms with E-state index >= 15 is 0 Å². The maximum absolute atomic E-state index is 12.3. The van der Waals surface area contributed by atoms with Gasteiger partial charge in [-0.2, -0.15) is 0 Å². The second-order valence-corrected chi connectivity index (χ2v) is 7.24. The Bertz CT molecular complexity index is 519. The zero-order valence-corrected chi connectivity index (χ0v) is 14.2. The molecular weight excluding hydrogens is 298 g/mol. The Hall–Kier alpha value is -1.11. The lowest BCUT2D eigenvalue weighted by atomic mass is 10.1. The molecule has 1 fully saturated rings. The van der Waals surface area contributed by atoms with E-state index in [4.69, 9.17) is 4.74 Å². The SMILES string of the molecule is C[C@@H]1COCCN1C(=O)NC[C@H](C)N1CCc2sccc2C1. The number of nitrogens with zero attached hydrogens (tertiary/aromatic N) is 2. The fourth-order valence-corrected chi connectivity index (χ4v) is 4.03. The Morgan fingerprint density at radius 3 is 3.23 bits per heavy atom. The third kappa shape index (κ3) is 3.45. The van der Waals surface area contributed by atoms with Gasteiger partial charge in [-0.05, 0) is 37.3 Å². The number of rotatable bonds is 3. The lowest BCUT2D eigenvalue weighted by Gasteiger charge is -2.35. The van der Waals surface area contributed by atoms with E-state index < -0.39 is 0 Å². The average molecular weight is 323 g/mol. The van der Waals surface area contributed by atoms with Gasteiger partial charge in [0, 0.05) is 37.1 Å². The Kier molecular flexibility index (Phi) is 5.00. The summed E-state index contributed by atoms with van der Waals surface area (Å²) >= 11 is 1.86. The van der Waals surface area contributed by atoms with Crippen molar-refractivity contribution in [2.24, 2.45) is 0 Å². The van der Waals surface area contributed by atoms with Gasteiger partial charge in [0.25, 0.3) is 0 Å². The van der Waals surface area contributed by atoms with Gasteiger partial charge in [0.05, 0.1) is 19.3 Å². The van der Waals surface area contributed by atoms with Crippen LogP contribution in [-0.2, 0) is 17.7 Å². The van der Waals surface area contributed by atoms with E-state index in [9.17, 15) is 4.79 Å². The third-order valence-corrected chi connectivity index (χ3v) is 5.66. The number of nitrogens with one attached hydrogen (secondary N) is 1. The van der Waals surface area contributed by atoms with Gasteiger partial charge in [-0.25, -0.2) is 4.79 Å². The molecule has 0 aromatic carbocycles. The van der Waals surface area contributed by atoms with Crippen LogP contribution in [0.3, 0.4) is 0 Å². The van der Waals surface area contributed by atoms with Gasteiger partial charge >= 0.3 is 6.03 Å². The minimum absolute atomic E-state index is 0.0379. The van der Waals surface area contributed by atoms with Crippen molar-refractivity contribution in [3.8, 4) is 0 Å². The van der Waals surface area contributed by atoms with E-state index in [-0.39, 0.29) is 12.1 Å². The number of hydrogen-bond donors (Lipinski definition) is 1. The summed E-state index contributed by atoms with van der Waals surface area (Å²) in [6.07, 6.45) is 1.13. The minimum atomic E-state index is 0.0379. The highest BCUT2D eigenvalue weighted by atomic mass is 32.1. The average Bonchev–Trinajstić information content (AvgIpc) is 3.00. The molecule has 0 aliphatic carbocycles. The van der Waals surface area contributed by atoms with Crippen molar-refractivity contribution in [2.75, 3.05) is 32.8 Å². The van der Waals surface area contributed by atoms with Gasteiger partial charge in [-0.1, -0.05) is 0 Å². The molecule has 3 rings (SSSR count). The fraction of sp³-hybridized carbons (Fsp3) is 0.688. The van der Waals surface area contributed by atoms with E-state index in [0.29, 0.717) is 32.3 Å². The molecule has 0 radical (unpaired) electrons. The van der Waals surface area contributed by atoms with Crippen molar-refractivity contribution in [1.29, 1.82) is 0 Å². The Labute approximate surface area is 136 Å². The van der Waals surface area contributed by atoms with Crippen LogP contribution in [0.5, 0.6) is 0 Å². The van der Waals surface area contributed by atoms with Crippen molar-refractivity contribution in [1.82, 2.24) is 15.1 Å². The van der Waals surface area contributed by atoms with Crippen LogP contribution < -0.4 is 5.32 Å². The quantitative estimate of drug-likeness (QED) is 0.924.